The van der Waals surface area contributed by atoms with Crippen LogP contribution in [0.15, 0.2) is 28.7 Å². The number of carboxylic acids is 1. The van der Waals surface area contributed by atoms with Crippen LogP contribution in [0, 0.1) is 12.8 Å². The van der Waals surface area contributed by atoms with Gasteiger partial charge in [0.1, 0.15) is 11.3 Å². The van der Waals surface area contributed by atoms with Gasteiger partial charge in [-0.05, 0) is 44.2 Å². The number of aliphatic carboxylic acids is 1. The molecule has 0 aliphatic heterocycles. The van der Waals surface area contributed by atoms with Crippen molar-refractivity contribution in [2.75, 3.05) is 0 Å². The average Bonchev–Trinajstić information content (AvgIpc) is 2.77. The minimum atomic E-state index is -0.653. The third-order valence-electron chi connectivity index (χ3n) is 4.33. The number of benzene rings is 1. The Hall–Kier alpha value is -1.77. The van der Waals surface area contributed by atoms with Crippen LogP contribution in [-0.2, 0) is 4.79 Å². The number of para-hydroxylation sites is 1. The molecule has 3 nitrogen and oxygen atoms in total. The van der Waals surface area contributed by atoms with Crippen LogP contribution < -0.4 is 0 Å². The summed E-state index contributed by atoms with van der Waals surface area (Å²) >= 11 is 0. The van der Waals surface area contributed by atoms with Crippen molar-refractivity contribution in [2.24, 2.45) is 5.92 Å². The first-order valence-corrected chi connectivity index (χ1v) is 6.87. The second kappa shape index (κ2) is 4.72. The maximum absolute atomic E-state index is 11.0. The molecule has 0 bridgehead atoms. The molecule has 0 unspecified atom stereocenters. The lowest BCUT2D eigenvalue weighted by Crippen LogP contribution is -2.20. The topological polar surface area (TPSA) is 50.4 Å². The molecule has 0 amide bonds. The van der Waals surface area contributed by atoms with E-state index in [4.69, 9.17) is 9.52 Å². The van der Waals surface area contributed by atoms with Crippen molar-refractivity contribution in [1.29, 1.82) is 0 Å². The van der Waals surface area contributed by atoms with E-state index in [1.54, 1.807) is 0 Å². The number of rotatable bonds is 2. The lowest BCUT2D eigenvalue weighted by atomic mass is 9.80. The summed E-state index contributed by atoms with van der Waals surface area (Å²) in [7, 11) is 0. The molecule has 1 aromatic heterocycles. The van der Waals surface area contributed by atoms with Crippen LogP contribution in [0.3, 0.4) is 0 Å². The summed E-state index contributed by atoms with van der Waals surface area (Å²) in [5.41, 5.74) is 2.16. The minimum absolute atomic E-state index is 0.166. The summed E-state index contributed by atoms with van der Waals surface area (Å²) in [6.07, 6.45) is 3.35. The molecule has 0 spiro atoms. The van der Waals surface area contributed by atoms with Crippen molar-refractivity contribution in [3.63, 3.8) is 0 Å². The van der Waals surface area contributed by atoms with Crippen LogP contribution in [-0.4, -0.2) is 11.1 Å². The summed E-state index contributed by atoms with van der Waals surface area (Å²) < 4.78 is 5.99. The second-order valence-electron chi connectivity index (χ2n) is 5.47. The average molecular weight is 258 g/mol. The molecule has 1 aromatic carbocycles. The van der Waals surface area contributed by atoms with Crippen LogP contribution in [0.1, 0.15) is 42.9 Å². The maximum Gasteiger partial charge on any atom is 0.306 e. The van der Waals surface area contributed by atoms with Crippen LogP contribution in [0.2, 0.25) is 0 Å². The van der Waals surface area contributed by atoms with E-state index in [1.165, 1.54) is 10.9 Å². The van der Waals surface area contributed by atoms with Gasteiger partial charge in [-0.15, -0.1) is 0 Å². The Morgan fingerprint density at radius 2 is 1.89 bits per heavy atom. The predicted molar refractivity (Wildman–Crippen MR) is 73.3 cm³/mol. The molecule has 1 aliphatic rings. The van der Waals surface area contributed by atoms with Crippen LogP contribution in [0.5, 0.6) is 0 Å². The summed E-state index contributed by atoms with van der Waals surface area (Å²) in [4.78, 5) is 11.0. The Kier molecular flexibility index (Phi) is 3.05. The van der Waals surface area contributed by atoms with Gasteiger partial charge in [-0.1, -0.05) is 18.2 Å². The van der Waals surface area contributed by atoms with Gasteiger partial charge in [0.15, 0.2) is 0 Å². The second-order valence-corrected chi connectivity index (χ2v) is 5.47. The molecule has 1 saturated carbocycles. The van der Waals surface area contributed by atoms with E-state index in [1.807, 2.05) is 18.2 Å². The van der Waals surface area contributed by atoms with Crippen LogP contribution in [0.4, 0.5) is 0 Å². The first kappa shape index (κ1) is 12.3. The summed E-state index contributed by atoms with van der Waals surface area (Å²) in [6.45, 7) is 2.10. The summed E-state index contributed by atoms with van der Waals surface area (Å²) in [6, 6.07) is 8.08. The van der Waals surface area contributed by atoms with E-state index in [9.17, 15) is 4.79 Å². The largest absolute Gasteiger partial charge is 0.481 e. The van der Waals surface area contributed by atoms with Gasteiger partial charge in [-0.2, -0.15) is 0 Å². The highest BCUT2D eigenvalue weighted by Gasteiger charge is 2.29. The Morgan fingerprint density at radius 3 is 2.53 bits per heavy atom. The molecule has 0 radical (unpaired) electrons. The number of aryl methyl sites for hydroxylation is 1. The van der Waals surface area contributed by atoms with E-state index in [0.29, 0.717) is 5.92 Å². The van der Waals surface area contributed by atoms with Gasteiger partial charge in [0, 0.05) is 11.3 Å². The fourth-order valence-electron chi connectivity index (χ4n) is 3.19. The number of carboxylic acid groups (broad SMARTS) is 1. The molecule has 3 heteroatoms. The van der Waals surface area contributed by atoms with Gasteiger partial charge >= 0.3 is 5.97 Å². The normalized spacial score (nSPS) is 23.6. The van der Waals surface area contributed by atoms with Crippen molar-refractivity contribution in [1.82, 2.24) is 0 Å². The molecule has 19 heavy (non-hydrogen) atoms. The third kappa shape index (κ3) is 2.14. The van der Waals surface area contributed by atoms with Gasteiger partial charge in [0.2, 0.25) is 0 Å². The monoisotopic (exact) mass is 258 g/mol. The van der Waals surface area contributed by atoms with Crippen molar-refractivity contribution in [3.05, 3.63) is 35.6 Å². The van der Waals surface area contributed by atoms with Gasteiger partial charge in [0.25, 0.3) is 0 Å². The SMILES string of the molecule is Cc1c(C2CCC(C(=O)O)CC2)oc2ccccc12. The first-order valence-electron chi connectivity index (χ1n) is 6.87. The van der Waals surface area contributed by atoms with Gasteiger partial charge in [0.05, 0.1) is 5.92 Å². The lowest BCUT2D eigenvalue weighted by molar-refractivity contribution is -0.142. The fraction of sp³-hybridized carbons (Fsp3) is 0.438. The number of hydrogen-bond acceptors (Lipinski definition) is 2. The van der Waals surface area contributed by atoms with Crippen LogP contribution in [0.25, 0.3) is 11.0 Å². The highest BCUT2D eigenvalue weighted by molar-refractivity contribution is 5.82. The molecule has 1 heterocycles. The summed E-state index contributed by atoms with van der Waals surface area (Å²) in [5, 5.41) is 10.2. The zero-order valence-electron chi connectivity index (χ0n) is 11.1. The molecule has 2 aromatic rings. The molecule has 1 fully saturated rings. The zero-order valence-corrected chi connectivity index (χ0v) is 11.1. The van der Waals surface area contributed by atoms with E-state index >= 15 is 0 Å². The minimum Gasteiger partial charge on any atom is -0.481 e. The van der Waals surface area contributed by atoms with Gasteiger partial charge in [-0.25, -0.2) is 0 Å². The molecule has 0 saturated heterocycles. The maximum atomic E-state index is 11.0. The standard InChI is InChI=1S/C16H18O3/c1-10-13-4-2-3-5-14(13)19-15(10)11-6-8-12(9-7-11)16(17)18/h2-5,11-12H,6-9H2,1H3,(H,17,18). The fourth-order valence-corrected chi connectivity index (χ4v) is 3.19. The van der Waals surface area contributed by atoms with E-state index in [-0.39, 0.29) is 5.92 Å². The van der Waals surface area contributed by atoms with Gasteiger partial charge < -0.3 is 9.52 Å². The molecule has 3 rings (SSSR count). The summed E-state index contributed by atoms with van der Waals surface area (Å²) in [5.74, 6) is 0.619. The predicted octanol–water partition coefficient (Wildman–Crippen LogP) is 4.10. The number of hydrogen-bond donors (Lipinski definition) is 1. The highest BCUT2D eigenvalue weighted by Crippen LogP contribution is 2.40. The lowest BCUT2D eigenvalue weighted by Gasteiger charge is -2.25. The Balaban J connectivity index is 1.86. The Morgan fingerprint density at radius 1 is 1.21 bits per heavy atom. The molecular formula is C16H18O3. The Labute approximate surface area is 112 Å². The Bertz CT molecular complexity index is 603. The molecular weight excluding hydrogens is 240 g/mol. The van der Waals surface area contributed by atoms with Gasteiger partial charge in [-0.3, -0.25) is 4.79 Å². The first-order chi connectivity index (χ1) is 9.16. The molecule has 1 N–H and O–H groups in total. The smallest absolute Gasteiger partial charge is 0.306 e. The van der Waals surface area contributed by atoms with Crippen LogP contribution >= 0.6 is 0 Å². The molecule has 100 valence electrons. The van der Waals surface area contributed by atoms with E-state index < -0.39 is 5.97 Å². The number of carbonyl (C=O) groups is 1. The zero-order chi connectivity index (χ0) is 13.4. The third-order valence-corrected chi connectivity index (χ3v) is 4.33. The quantitative estimate of drug-likeness (QED) is 0.882. The molecule has 0 atom stereocenters. The number of furan rings is 1. The van der Waals surface area contributed by atoms with Crippen molar-refractivity contribution in [2.45, 2.75) is 38.5 Å². The highest BCUT2D eigenvalue weighted by atomic mass is 16.4. The van der Waals surface area contributed by atoms with E-state index in [0.717, 1.165) is 37.0 Å². The number of fused-ring (bicyclic) bond motifs is 1. The molecule has 1 aliphatic carbocycles. The van der Waals surface area contributed by atoms with Crippen molar-refractivity contribution in [3.8, 4) is 0 Å². The van der Waals surface area contributed by atoms with Crippen molar-refractivity contribution < 1.29 is 14.3 Å². The van der Waals surface area contributed by atoms with E-state index in [2.05, 4.69) is 13.0 Å². The van der Waals surface area contributed by atoms with Crippen molar-refractivity contribution >= 4 is 16.9 Å².